The summed E-state index contributed by atoms with van der Waals surface area (Å²) < 4.78 is 5.13. The molecule has 1 rings (SSSR count). The van der Waals surface area contributed by atoms with Crippen molar-refractivity contribution in [2.75, 3.05) is 6.54 Å². The van der Waals surface area contributed by atoms with Crippen molar-refractivity contribution >= 4 is 12.4 Å². The van der Waals surface area contributed by atoms with Gasteiger partial charge in [-0.2, -0.15) is 0 Å². The first-order valence-electron chi connectivity index (χ1n) is 6.37. The molecule has 5 heteroatoms. The van der Waals surface area contributed by atoms with Crippen LogP contribution in [0.15, 0.2) is 30.3 Å². The number of unbranched alkanes of at least 4 members (excludes halogenated alkanes) is 1. The van der Waals surface area contributed by atoms with E-state index in [2.05, 4.69) is 5.32 Å². The Balaban J connectivity index is 2.16. The largest absolute Gasteiger partial charge is 0.460 e. The summed E-state index contributed by atoms with van der Waals surface area (Å²) in [4.78, 5) is 21.6. The Morgan fingerprint density at radius 3 is 2.74 bits per heavy atom. The van der Waals surface area contributed by atoms with E-state index < -0.39 is 6.04 Å². The van der Waals surface area contributed by atoms with Crippen molar-refractivity contribution in [3.8, 4) is 0 Å². The molecule has 0 bridgehead atoms. The molecule has 1 aromatic carbocycles. The maximum absolute atomic E-state index is 11.6. The Morgan fingerprint density at radius 1 is 1.32 bits per heavy atom. The van der Waals surface area contributed by atoms with Crippen LogP contribution in [0.5, 0.6) is 0 Å². The minimum absolute atomic E-state index is 0.250. The lowest BCUT2D eigenvalue weighted by Gasteiger charge is -2.11. The summed E-state index contributed by atoms with van der Waals surface area (Å²) in [5.74, 6) is -0.382. The normalized spacial score (nSPS) is 11.6. The highest BCUT2D eigenvalue weighted by atomic mass is 16.5. The molecule has 0 heterocycles. The third kappa shape index (κ3) is 6.57. The molecule has 0 unspecified atom stereocenters. The van der Waals surface area contributed by atoms with E-state index >= 15 is 0 Å². The van der Waals surface area contributed by atoms with Crippen LogP contribution in [-0.2, 0) is 20.9 Å². The molecule has 1 aromatic rings. The number of hydrogen-bond acceptors (Lipinski definition) is 4. The fourth-order valence-electron chi connectivity index (χ4n) is 1.60. The van der Waals surface area contributed by atoms with Crippen molar-refractivity contribution in [1.29, 1.82) is 0 Å². The first-order valence-corrected chi connectivity index (χ1v) is 6.37. The monoisotopic (exact) mass is 264 g/mol. The number of rotatable bonds is 9. The average Bonchev–Trinajstić information content (AvgIpc) is 2.45. The van der Waals surface area contributed by atoms with Crippen molar-refractivity contribution in [1.82, 2.24) is 5.32 Å². The molecule has 1 amide bonds. The Morgan fingerprint density at radius 2 is 2.05 bits per heavy atom. The zero-order valence-corrected chi connectivity index (χ0v) is 10.9. The lowest BCUT2D eigenvalue weighted by molar-refractivity contribution is -0.146. The molecule has 0 aliphatic carbocycles. The molecule has 0 spiro atoms. The van der Waals surface area contributed by atoms with Crippen LogP contribution in [0.25, 0.3) is 0 Å². The second-order valence-electron chi connectivity index (χ2n) is 4.27. The number of amides is 1. The van der Waals surface area contributed by atoms with Gasteiger partial charge in [0.2, 0.25) is 6.41 Å². The number of nitrogens with one attached hydrogen (secondary N) is 1. The SMILES string of the molecule is N[C@@H](CCCCNC=O)C(=O)OCc1ccccc1. The quantitative estimate of drug-likeness (QED) is 0.395. The smallest absolute Gasteiger partial charge is 0.323 e. The number of benzene rings is 1. The first-order chi connectivity index (χ1) is 9.24. The maximum Gasteiger partial charge on any atom is 0.323 e. The van der Waals surface area contributed by atoms with Crippen molar-refractivity contribution < 1.29 is 14.3 Å². The Hall–Kier alpha value is -1.88. The van der Waals surface area contributed by atoms with Gasteiger partial charge in [0.15, 0.2) is 0 Å². The summed E-state index contributed by atoms with van der Waals surface area (Å²) in [6.07, 6.45) is 2.81. The first kappa shape index (κ1) is 15.2. The number of hydrogen-bond donors (Lipinski definition) is 2. The van der Waals surface area contributed by atoms with Gasteiger partial charge < -0.3 is 15.8 Å². The van der Waals surface area contributed by atoms with Crippen LogP contribution >= 0.6 is 0 Å². The second-order valence-corrected chi connectivity index (χ2v) is 4.27. The fourth-order valence-corrected chi connectivity index (χ4v) is 1.60. The maximum atomic E-state index is 11.6. The van der Waals surface area contributed by atoms with E-state index in [4.69, 9.17) is 10.5 Å². The molecule has 0 aliphatic heterocycles. The standard InChI is InChI=1S/C14H20N2O3/c15-13(8-4-5-9-16-11-17)14(18)19-10-12-6-2-1-3-7-12/h1-3,6-7,11,13H,4-5,8-10,15H2,(H,16,17)/t13-/m0/s1. The molecule has 0 saturated heterocycles. The summed E-state index contributed by atoms with van der Waals surface area (Å²) in [6.45, 7) is 0.857. The van der Waals surface area contributed by atoms with Gasteiger partial charge in [0.05, 0.1) is 0 Å². The summed E-state index contributed by atoms with van der Waals surface area (Å²) >= 11 is 0. The summed E-state index contributed by atoms with van der Waals surface area (Å²) in [5, 5.41) is 2.56. The van der Waals surface area contributed by atoms with Crippen molar-refractivity contribution in [2.45, 2.75) is 31.9 Å². The molecule has 5 nitrogen and oxygen atoms in total. The summed E-state index contributed by atoms with van der Waals surface area (Å²) in [5.41, 5.74) is 6.67. The van der Waals surface area contributed by atoms with E-state index in [1.165, 1.54) is 0 Å². The van der Waals surface area contributed by atoms with Crippen LogP contribution in [-0.4, -0.2) is 25.0 Å². The van der Waals surface area contributed by atoms with Gasteiger partial charge in [-0.15, -0.1) is 0 Å². The van der Waals surface area contributed by atoms with Gasteiger partial charge in [0, 0.05) is 6.54 Å². The molecule has 0 radical (unpaired) electrons. The van der Waals surface area contributed by atoms with Crippen LogP contribution in [0.2, 0.25) is 0 Å². The van der Waals surface area contributed by atoms with E-state index in [0.29, 0.717) is 19.4 Å². The highest BCUT2D eigenvalue weighted by molar-refractivity contribution is 5.75. The van der Waals surface area contributed by atoms with Crippen LogP contribution in [0.3, 0.4) is 0 Å². The molecule has 1 atom stereocenters. The van der Waals surface area contributed by atoms with Crippen molar-refractivity contribution in [3.05, 3.63) is 35.9 Å². The Labute approximate surface area is 113 Å². The zero-order valence-electron chi connectivity index (χ0n) is 10.9. The van der Waals surface area contributed by atoms with E-state index in [1.54, 1.807) is 0 Å². The highest BCUT2D eigenvalue weighted by Crippen LogP contribution is 2.04. The molecule has 0 aromatic heterocycles. The predicted molar refractivity (Wildman–Crippen MR) is 72.1 cm³/mol. The van der Waals surface area contributed by atoms with E-state index in [1.807, 2.05) is 30.3 Å². The molecular weight excluding hydrogens is 244 g/mol. The van der Waals surface area contributed by atoms with Crippen LogP contribution in [0, 0.1) is 0 Å². The van der Waals surface area contributed by atoms with Crippen LogP contribution < -0.4 is 11.1 Å². The lowest BCUT2D eigenvalue weighted by Crippen LogP contribution is -2.32. The average molecular weight is 264 g/mol. The van der Waals surface area contributed by atoms with E-state index in [0.717, 1.165) is 18.4 Å². The van der Waals surface area contributed by atoms with Gasteiger partial charge in [-0.05, 0) is 24.8 Å². The third-order valence-electron chi connectivity index (χ3n) is 2.70. The lowest BCUT2D eigenvalue weighted by atomic mass is 10.1. The number of ether oxygens (including phenoxy) is 1. The summed E-state index contributed by atoms with van der Waals surface area (Å²) in [6, 6.07) is 8.88. The Bertz CT molecular complexity index is 382. The van der Waals surface area contributed by atoms with E-state index in [-0.39, 0.29) is 12.6 Å². The van der Waals surface area contributed by atoms with Gasteiger partial charge in [-0.25, -0.2) is 0 Å². The minimum Gasteiger partial charge on any atom is -0.460 e. The van der Waals surface area contributed by atoms with Crippen LogP contribution in [0.1, 0.15) is 24.8 Å². The molecule has 3 N–H and O–H groups in total. The molecule has 0 saturated carbocycles. The Kier molecular flexibility index (Phi) is 7.27. The number of nitrogens with two attached hydrogens (primary N) is 1. The van der Waals surface area contributed by atoms with Gasteiger partial charge >= 0.3 is 5.97 Å². The second kappa shape index (κ2) is 9.10. The van der Waals surface area contributed by atoms with Crippen molar-refractivity contribution in [3.63, 3.8) is 0 Å². The highest BCUT2D eigenvalue weighted by Gasteiger charge is 2.14. The predicted octanol–water partition coefficient (Wildman–Crippen LogP) is 0.973. The number of carbonyl (C=O) groups is 2. The molecule has 0 fully saturated rings. The van der Waals surface area contributed by atoms with Gasteiger partial charge in [-0.1, -0.05) is 30.3 Å². The summed E-state index contributed by atoms with van der Waals surface area (Å²) in [7, 11) is 0. The van der Waals surface area contributed by atoms with E-state index in [9.17, 15) is 9.59 Å². The third-order valence-corrected chi connectivity index (χ3v) is 2.70. The van der Waals surface area contributed by atoms with Crippen LogP contribution in [0.4, 0.5) is 0 Å². The molecule has 104 valence electrons. The van der Waals surface area contributed by atoms with Gasteiger partial charge in [0.1, 0.15) is 12.6 Å². The molecule has 19 heavy (non-hydrogen) atoms. The van der Waals surface area contributed by atoms with Gasteiger partial charge in [0.25, 0.3) is 0 Å². The minimum atomic E-state index is -0.597. The number of esters is 1. The fraction of sp³-hybridized carbons (Fsp3) is 0.429. The zero-order chi connectivity index (χ0) is 13.9. The number of carbonyl (C=O) groups excluding carboxylic acids is 2. The topological polar surface area (TPSA) is 81.4 Å². The molecule has 0 aliphatic rings. The van der Waals surface area contributed by atoms with Crippen molar-refractivity contribution in [2.24, 2.45) is 5.73 Å². The van der Waals surface area contributed by atoms with Gasteiger partial charge in [-0.3, -0.25) is 9.59 Å². The molecular formula is C14H20N2O3.